The predicted octanol–water partition coefficient (Wildman–Crippen LogP) is 3.69. The Morgan fingerprint density at radius 3 is 2.63 bits per heavy atom. The van der Waals surface area contributed by atoms with E-state index in [9.17, 15) is 4.39 Å². The number of aromatic hydroxyl groups is 1. The first-order valence-corrected chi connectivity index (χ1v) is 6.34. The Kier molecular flexibility index (Phi) is 4.17. The number of hydrogen-bond donors (Lipinski definition) is 2. The van der Waals surface area contributed by atoms with Crippen LogP contribution in [-0.4, -0.2) is 5.11 Å². The normalized spacial score (nSPS) is 12.4. The maximum absolute atomic E-state index is 13.2. The van der Waals surface area contributed by atoms with Crippen LogP contribution in [0.4, 0.5) is 4.39 Å². The molecular formula is C16H18FNO. The molecule has 0 aliphatic rings. The van der Waals surface area contributed by atoms with E-state index in [-0.39, 0.29) is 11.8 Å². The summed E-state index contributed by atoms with van der Waals surface area (Å²) in [4.78, 5) is 0. The quantitative estimate of drug-likeness (QED) is 0.877. The van der Waals surface area contributed by atoms with E-state index in [4.69, 9.17) is 5.11 Å². The molecule has 2 aromatic carbocycles. The lowest BCUT2D eigenvalue weighted by molar-refractivity contribution is 0.431. The van der Waals surface area contributed by atoms with Gasteiger partial charge in [0, 0.05) is 12.6 Å². The molecule has 100 valence electrons. The van der Waals surface area contributed by atoms with Crippen LogP contribution in [0.1, 0.15) is 29.7 Å². The summed E-state index contributed by atoms with van der Waals surface area (Å²) in [5.41, 5.74) is 3.29. The molecule has 0 unspecified atom stereocenters. The molecule has 0 bridgehead atoms. The average molecular weight is 259 g/mol. The zero-order valence-electron chi connectivity index (χ0n) is 11.2. The third-order valence-corrected chi connectivity index (χ3v) is 3.28. The SMILES string of the molecule is Cc1ccccc1[C@H](C)NCc1ccc(O)c(F)c1. The van der Waals surface area contributed by atoms with Crippen molar-refractivity contribution in [1.82, 2.24) is 5.32 Å². The summed E-state index contributed by atoms with van der Waals surface area (Å²) in [7, 11) is 0. The van der Waals surface area contributed by atoms with Gasteiger partial charge in [-0.3, -0.25) is 0 Å². The van der Waals surface area contributed by atoms with Crippen molar-refractivity contribution in [3.63, 3.8) is 0 Å². The molecule has 2 aromatic rings. The number of aryl methyl sites for hydroxylation is 1. The van der Waals surface area contributed by atoms with Gasteiger partial charge < -0.3 is 10.4 Å². The Morgan fingerprint density at radius 2 is 1.95 bits per heavy atom. The fourth-order valence-electron chi connectivity index (χ4n) is 2.11. The maximum atomic E-state index is 13.2. The van der Waals surface area contributed by atoms with Crippen molar-refractivity contribution in [1.29, 1.82) is 0 Å². The second kappa shape index (κ2) is 5.85. The van der Waals surface area contributed by atoms with Crippen LogP contribution in [0.25, 0.3) is 0 Å². The first kappa shape index (κ1) is 13.6. The minimum atomic E-state index is -0.581. The summed E-state index contributed by atoms with van der Waals surface area (Å²) < 4.78 is 13.2. The van der Waals surface area contributed by atoms with Crippen LogP contribution >= 0.6 is 0 Å². The Bertz CT molecular complexity index is 568. The highest BCUT2D eigenvalue weighted by Gasteiger charge is 2.08. The number of hydrogen-bond acceptors (Lipinski definition) is 2. The van der Waals surface area contributed by atoms with Crippen LogP contribution in [0.3, 0.4) is 0 Å². The summed E-state index contributed by atoms with van der Waals surface area (Å²) in [5, 5.41) is 12.5. The number of halogens is 1. The van der Waals surface area contributed by atoms with E-state index in [0.29, 0.717) is 6.54 Å². The number of rotatable bonds is 4. The van der Waals surface area contributed by atoms with Gasteiger partial charge in [-0.2, -0.15) is 0 Å². The summed E-state index contributed by atoms with van der Waals surface area (Å²) in [6.45, 7) is 4.72. The van der Waals surface area contributed by atoms with Crippen molar-refractivity contribution in [2.75, 3.05) is 0 Å². The molecule has 1 atom stereocenters. The number of benzene rings is 2. The molecule has 0 amide bonds. The van der Waals surface area contributed by atoms with Crippen molar-refractivity contribution in [3.8, 4) is 5.75 Å². The molecule has 2 nitrogen and oxygen atoms in total. The van der Waals surface area contributed by atoms with E-state index in [1.54, 1.807) is 6.07 Å². The maximum Gasteiger partial charge on any atom is 0.165 e. The molecule has 0 spiro atoms. The first-order valence-electron chi connectivity index (χ1n) is 6.34. The van der Waals surface area contributed by atoms with Crippen LogP contribution in [0, 0.1) is 12.7 Å². The molecule has 0 aliphatic carbocycles. The molecule has 2 rings (SSSR count). The van der Waals surface area contributed by atoms with Gasteiger partial charge in [-0.15, -0.1) is 0 Å². The standard InChI is InChI=1S/C16H18FNO/c1-11-5-3-4-6-14(11)12(2)18-10-13-7-8-16(19)15(17)9-13/h3-9,12,18-19H,10H2,1-2H3/t12-/m0/s1. The lowest BCUT2D eigenvalue weighted by Crippen LogP contribution is -2.18. The highest BCUT2D eigenvalue weighted by atomic mass is 19.1. The van der Waals surface area contributed by atoms with Gasteiger partial charge in [-0.05, 0) is 42.7 Å². The summed E-state index contributed by atoms with van der Waals surface area (Å²) >= 11 is 0. The molecular weight excluding hydrogens is 241 g/mol. The van der Waals surface area contributed by atoms with Gasteiger partial charge in [0.15, 0.2) is 11.6 Å². The van der Waals surface area contributed by atoms with Crippen LogP contribution in [0.5, 0.6) is 5.75 Å². The van der Waals surface area contributed by atoms with Crippen molar-refractivity contribution >= 4 is 0 Å². The zero-order chi connectivity index (χ0) is 13.8. The van der Waals surface area contributed by atoms with E-state index >= 15 is 0 Å². The fraction of sp³-hybridized carbons (Fsp3) is 0.250. The summed E-state index contributed by atoms with van der Waals surface area (Å²) in [6.07, 6.45) is 0. The molecule has 2 N–H and O–H groups in total. The monoisotopic (exact) mass is 259 g/mol. The van der Waals surface area contributed by atoms with Crippen LogP contribution < -0.4 is 5.32 Å². The van der Waals surface area contributed by atoms with Crippen LogP contribution in [0.2, 0.25) is 0 Å². The van der Waals surface area contributed by atoms with Gasteiger partial charge in [0.2, 0.25) is 0 Å². The van der Waals surface area contributed by atoms with Crippen molar-refractivity contribution < 1.29 is 9.50 Å². The van der Waals surface area contributed by atoms with E-state index in [1.165, 1.54) is 23.3 Å². The summed E-state index contributed by atoms with van der Waals surface area (Å²) in [5.74, 6) is -0.890. The Labute approximate surface area is 112 Å². The molecule has 0 saturated heterocycles. The van der Waals surface area contributed by atoms with Crippen molar-refractivity contribution in [2.45, 2.75) is 26.4 Å². The second-order valence-corrected chi connectivity index (χ2v) is 4.74. The topological polar surface area (TPSA) is 32.3 Å². The van der Waals surface area contributed by atoms with Gasteiger partial charge in [0.1, 0.15) is 0 Å². The zero-order valence-corrected chi connectivity index (χ0v) is 11.2. The lowest BCUT2D eigenvalue weighted by atomic mass is 10.0. The highest BCUT2D eigenvalue weighted by Crippen LogP contribution is 2.19. The third kappa shape index (κ3) is 3.32. The second-order valence-electron chi connectivity index (χ2n) is 4.74. The highest BCUT2D eigenvalue weighted by molar-refractivity contribution is 5.30. The van der Waals surface area contributed by atoms with Gasteiger partial charge in [0.05, 0.1) is 0 Å². The van der Waals surface area contributed by atoms with Crippen molar-refractivity contribution in [2.24, 2.45) is 0 Å². The Morgan fingerprint density at radius 1 is 1.21 bits per heavy atom. The van der Waals surface area contributed by atoms with Gasteiger partial charge in [-0.25, -0.2) is 4.39 Å². The van der Waals surface area contributed by atoms with E-state index in [1.807, 2.05) is 12.1 Å². The number of phenolic OH excluding ortho intramolecular Hbond substituents is 1. The molecule has 0 aromatic heterocycles. The number of nitrogens with one attached hydrogen (secondary N) is 1. The Balaban J connectivity index is 2.02. The molecule has 0 aliphatic heterocycles. The van der Waals surface area contributed by atoms with Gasteiger partial charge in [-0.1, -0.05) is 30.3 Å². The molecule has 0 fully saturated rings. The molecule has 0 saturated carbocycles. The molecule has 3 heteroatoms. The molecule has 19 heavy (non-hydrogen) atoms. The van der Waals surface area contributed by atoms with Crippen LogP contribution in [-0.2, 0) is 6.54 Å². The fourth-order valence-corrected chi connectivity index (χ4v) is 2.11. The lowest BCUT2D eigenvalue weighted by Gasteiger charge is -2.16. The first-order chi connectivity index (χ1) is 9.08. The Hall–Kier alpha value is -1.87. The third-order valence-electron chi connectivity index (χ3n) is 3.28. The van der Waals surface area contributed by atoms with Gasteiger partial charge in [0.25, 0.3) is 0 Å². The number of phenols is 1. The minimum absolute atomic E-state index is 0.193. The summed E-state index contributed by atoms with van der Waals surface area (Å²) in [6, 6.07) is 12.8. The molecule has 0 radical (unpaired) electrons. The largest absolute Gasteiger partial charge is 0.505 e. The van der Waals surface area contributed by atoms with Crippen LogP contribution in [0.15, 0.2) is 42.5 Å². The van der Waals surface area contributed by atoms with E-state index in [0.717, 1.165) is 5.56 Å². The van der Waals surface area contributed by atoms with E-state index < -0.39 is 5.82 Å². The average Bonchev–Trinajstić information content (AvgIpc) is 2.40. The van der Waals surface area contributed by atoms with E-state index in [2.05, 4.69) is 31.3 Å². The smallest absolute Gasteiger partial charge is 0.165 e. The molecule has 0 heterocycles. The van der Waals surface area contributed by atoms with Gasteiger partial charge >= 0.3 is 0 Å². The van der Waals surface area contributed by atoms with Crippen molar-refractivity contribution in [3.05, 3.63) is 65.0 Å². The minimum Gasteiger partial charge on any atom is -0.505 e. The predicted molar refractivity (Wildman–Crippen MR) is 74.5 cm³/mol.